The fraction of sp³-hybridized carbons (Fsp3) is 0. The molecule has 9 aromatic heterocycles. The first-order valence-corrected chi connectivity index (χ1v) is 48.3. The van der Waals surface area contributed by atoms with Crippen molar-refractivity contribution >= 4 is 224 Å². The van der Waals surface area contributed by atoms with Gasteiger partial charge in [0.1, 0.15) is 16.9 Å². The molecular weight excluding hydrogens is 1730 g/mol. The summed E-state index contributed by atoms with van der Waals surface area (Å²) in [5.41, 5.74) is 28.0. The predicted octanol–water partition coefficient (Wildman–Crippen LogP) is 33.1. The molecule has 0 spiro atoms. The SMILES string of the molecule is c1ccc2c(-c3cc4c5ccccc5n(-c5nc6ccccc6c6nc7ccccc7n56)c4c4ccccc34)cccc2c1.c1ccc2cc(-c3cc4c5ccccc5n(-c5nc6ccccc6c6nc7ccccc7n56)c4c4ccccc34)ccc2c1.c1ccc2cc(-c3ccc4cc(-c5cc6c7ccccc7n(-c7nc8ccccc8c8nc9ccccc9n78)c6c6ccccc56)ccc4c3)ccc2c1. The zero-order valence-electron chi connectivity index (χ0n) is 76.4. The molecule has 32 rings (SSSR count). The Hall–Kier alpha value is -19.3. The van der Waals surface area contributed by atoms with Crippen molar-refractivity contribution < 1.29 is 0 Å². The van der Waals surface area contributed by atoms with Crippen molar-refractivity contribution in [3.63, 3.8) is 0 Å². The first kappa shape index (κ1) is 79.0. The lowest BCUT2D eigenvalue weighted by Crippen LogP contribution is -2.06. The highest BCUT2D eigenvalue weighted by Gasteiger charge is 2.29. The quantitative estimate of drug-likeness (QED) is 0.157. The van der Waals surface area contributed by atoms with Gasteiger partial charge in [-0.2, -0.15) is 0 Å². The van der Waals surface area contributed by atoms with Crippen LogP contribution in [-0.4, -0.2) is 56.8 Å². The van der Waals surface area contributed by atoms with E-state index in [2.05, 4.69) is 488 Å². The number of imidazole rings is 3. The highest BCUT2D eigenvalue weighted by Crippen LogP contribution is 2.49. The van der Waals surface area contributed by atoms with Crippen molar-refractivity contribution in [1.82, 2.24) is 56.8 Å². The average Bonchev–Trinajstić information content (AvgIpc) is 1.55. The summed E-state index contributed by atoms with van der Waals surface area (Å²) < 4.78 is 13.8. The van der Waals surface area contributed by atoms with Crippen molar-refractivity contribution in [2.24, 2.45) is 0 Å². The third-order valence-electron chi connectivity index (χ3n) is 29.4. The van der Waals surface area contributed by atoms with Gasteiger partial charge in [0.05, 0.1) is 82.8 Å². The number of hydrogen-bond donors (Lipinski definition) is 0. The van der Waals surface area contributed by atoms with Crippen LogP contribution in [0.15, 0.2) is 473 Å². The molecule has 12 nitrogen and oxygen atoms in total. The summed E-state index contributed by atoms with van der Waals surface area (Å²) in [5.74, 6) is 2.50. The molecule has 0 atom stereocenters. The molecule has 0 saturated carbocycles. The summed E-state index contributed by atoms with van der Waals surface area (Å²) in [4.78, 5) is 31.6. The van der Waals surface area contributed by atoms with Crippen LogP contribution < -0.4 is 0 Å². The first-order valence-electron chi connectivity index (χ1n) is 48.3. The molecule has 0 unspecified atom stereocenters. The summed E-state index contributed by atoms with van der Waals surface area (Å²) in [6, 6.07) is 169. The smallest absolute Gasteiger partial charge is 0.221 e. The van der Waals surface area contributed by atoms with E-state index in [0.717, 1.165) is 134 Å². The van der Waals surface area contributed by atoms with Crippen LogP contribution in [0.3, 0.4) is 0 Å². The molecule has 658 valence electrons. The summed E-state index contributed by atoms with van der Waals surface area (Å²) in [5, 5.41) is 27.4. The van der Waals surface area contributed by atoms with Crippen molar-refractivity contribution in [2.45, 2.75) is 0 Å². The Balaban J connectivity index is 0.000000100. The summed E-state index contributed by atoms with van der Waals surface area (Å²) in [6.07, 6.45) is 0. The number of para-hydroxylation sites is 12. The Labute approximate surface area is 810 Å². The fourth-order valence-electron chi connectivity index (χ4n) is 23.0. The van der Waals surface area contributed by atoms with Gasteiger partial charge in [0.2, 0.25) is 17.8 Å². The lowest BCUT2D eigenvalue weighted by atomic mass is 9.92. The van der Waals surface area contributed by atoms with Crippen LogP contribution in [0.25, 0.3) is 286 Å². The minimum Gasteiger partial charge on any atom is -0.278 e. The lowest BCUT2D eigenvalue weighted by Gasteiger charge is -2.15. The molecule has 12 heteroatoms. The number of aromatic nitrogens is 12. The maximum absolute atomic E-state index is 5.42. The third-order valence-corrected chi connectivity index (χ3v) is 29.4. The van der Waals surface area contributed by atoms with Crippen molar-refractivity contribution in [1.29, 1.82) is 0 Å². The molecule has 32 aromatic rings. The maximum atomic E-state index is 5.42. The van der Waals surface area contributed by atoms with Crippen molar-refractivity contribution in [3.8, 4) is 62.4 Å². The second-order valence-electron chi connectivity index (χ2n) is 37.1. The largest absolute Gasteiger partial charge is 0.278 e. The summed E-state index contributed by atoms with van der Waals surface area (Å²) in [6.45, 7) is 0. The van der Waals surface area contributed by atoms with Gasteiger partial charge in [0.25, 0.3) is 0 Å². The Morgan fingerprint density at radius 2 is 0.387 bits per heavy atom. The summed E-state index contributed by atoms with van der Waals surface area (Å²) >= 11 is 0. The molecular formula is C130H78N12. The molecule has 0 aliphatic heterocycles. The average molecular weight is 1810 g/mol. The molecule has 0 bridgehead atoms. The molecule has 142 heavy (non-hydrogen) atoms. The van der Waals surface area contributed by atoms with Gasteiger partial charge in [-0.15, -0.1) is 0 Å². The standard InChI is InChI=1S/C50H30N4.2C40H24N4/c1-2-12-32-27-33(22-21-31(32)11-1)34-23-24-36-29-37(26-25-35(36)28-34)42-30-43-39-14-6-9-19-46(39)53(48(43)40-15-4-3-13-38(40)42)50-52-44-17-7-5-16-41(44)49-51-45-18-8-10-20-47(45)54(49)50;1-2-14-26-25(12-1)13-11-19-27(26)32-24-33-29-16-6-9-22-36(29)43(38(33)30-17-4-3-15-28(30)32)40-42-34-20-7-5-18-31(34)39-41-35-21-8-10-23-37(35)44(39)40;1-2-12-26-23-27(22-21-25(26)11-1)32-24-33-29-14-6-9-19-36(29)43(38(33)30-15-4-3-13-28(30)32)40-42-34-17-7-5-16-31(34)39-41-35-18-8-10-20-37(35)44(39)40/h1-30H;2*1-24H. The number of nitrogens with zero attached hydrogens (tertiary/aromatic N) is 12. The van der Waals surface area contributed by atoms with Gasteiger partial charge < -0.3 is 0 Å². The molecule has 0 aliphatic carbocycles. The van der Waals surface area contributed by atoms with E-state index < -0.39 is 0 Å². The van der Waals surface area contributed by atoms with Gasteiger partial charge in [-0.3, -0.25) is 26.9 Å². The minimum absolute atomic E-state index is 0.828. The van der Waals surface area contributed by atoms with E-state index in [0.29, 0.717) is 0 Å². The monoisotopic (exact) mass is 1810 g/mol. The molecule has 0 aliphatic rings. The van der Waals surface area contributed by atoms with Crippen molar-refractivity contribution in [3.05, 3.63) is 473 Å². The van der Waals surface area contributed by atoms with Gasteiger partial charge in [-0.05, 0) is 237 Å². The number of benzene rings is 23. The van der Waals surface area contributed by atoms with Crippen molar-refractivity contribution in [2.75, 3.05) is 0 Å². The Morgan fingerprint density at radius 3 is 0.768 bits per heavy atom. The summed E-state index contributed by atoms with van der Waals surface area (Å²) in [7, 11) is 0. The Kier molecular flexibility index (Phi) is 17.3. The molecule has 9 heterocycles. The van der Waals surface area contributed by atoms with Gasteiger partial charge in [0.15, 0.2) is 0 Å². The minimum atomic E-state index is 0.828. The maximum Gasteiger partial charge on any atom is 0.221 e. The van der Waals surface area contributed by atoms with Crippen LogP contribution in [0.4, 0.5) is 0 Å². The molecule has 0 N–H and O–H groups in total. The van der Waals surface area contributed by atoms with Crippen LogP contribution in [0.1, 0.15) is 0 Å². The highest BCUT2D eigenvalue weighted by molar-refractivity contribution is 6.27. The molecule has 0 saturated heterocycles. The third kappa shape index (κ3) is 12.0. The van der Waals surface area contributed by atoms with Crippen LogP contribution in [0.2, 0.25) is 0 Å². The van der Waals surface area contributed by atoms with E-state index in [-0.39, 0.29) is 0 Å². The predicted molar refractivity (Wildman–Crippen MR) is 591 cm³/mol. The van der Waals surface area contributed by atoms with E-state index >= 15 is 0 Å². The topological polar surface area (TPSA) is 105 Å². The van der Waals surface area contributed by atoms with E-state index in [1.165, 1.54) is 152 Å². The molecule has 0 amide bonds. The van der Waals surface area contributed by atoms with Crippen LogP contribution in [0.5, 0.6) is 0 Å². The van der Waals surface area contributed by atoms with E-state index in [9.17, 15) is 0 Å². The zero-order chi connectivity index (χ0) is 92.9. The second kappa shape index (κ2) is 31.1. The first-order chi connectivity index (χ1) is 70.4. The number of rotatable bonds is 7. The van der Waals surface area contributed by atoms with Gasteiger partial charge in [-0.1, -0.05) is 340 Å². The molecule has 0 fully saturated rings. The molecule has 23 aromatic carbocycles. The number of fused-ring (bicyclic) bond motifs is 34. The Morgan fingerprint density at radius 1 is 0.134 bits per heavy atom. The second-order valence-corrected chi connectivity index (χ2v) is 37.1. The van der Waals surface area contributed by atoms with Crippen LogP contribution >= 0.6 is 0 Å². The number of hydrogen-bond acceptors (Lipinski definition) is 6. The zero-order valence-corrected chi connectivity index (χ0v) is 76.4. The Bertz CT molecular complexity index is 11000. The van der Waals surface area contributed by atoms with Gasteiger partial charge >= 0.3 is 0 Å². The van der Waals surface area contributed by atoms with E-state index in [4.69, 9.17) is 29.9 Å². The lowest BCUT2D eigenvalue weighted by molar-refractivity contribution is 0.981. The fourth-order valence-corrected chi connectivity index (χ4v) is 23.0. The van der Waals surface area contributed by atoms with Crippen LogP contribution in [-0.2, 0) is 0 Å². The highest BCUT2D eigenvalue weighted by atomic mass is 15.3. The molecule has 0 radical (unpaired) electrons. The van der Waals surface area contributed by atoms with Gasteiger partial charge in [0, 0.05) is 64.6 Å². The normalized spacial score (nSPS) is 12.1. The van der Waals surface area contributed by atoms with Crippen LogP contribution in [0, 0.1) is 0 Å². The van der Waals surface area contributed by atoms with E-state index in [1.807, 2.05) is 12.1 Å². The van der Waals surface area contributed by atoms with E-state index in [1.54, 1.807) is 0 Å². The van der Waals surface area contributed by atoms with Gasteiger partial charge in [-0.25, -0.2) is 29.9 Å².